The van der Waals surface area contributed by atoms with Gasteiger partial charge < -0.3 is 11.1 Å². The summed E-state index contributed by atoms with van der Waals surface area (Å²) in [6.45, 7) is 1.53. The Hall–Kier alpha value is -3.41. The Morgan fingerprint density at radius 3 is 2.75 bits per heavy atom. The van der Waals surface area contributed by atoms with Crippen LogP contribution in [0.4, 0.5) is 18.9 Å². The number of alkyl halides is 2. The Morgan fingerprint density at radius 2 is 2.11 bits per heavy atom. The van der Waals surface area contributed by atoms with Crippen LogP contribution in [0.3, 0.4) is 0 Å². The largest absolute Gasteiger partial charge is 0.387 e. The van der Waals surface area contributed by atoms with E-state index >= 15 is 0 Å². The topological polar surface area (TPSA) is 104 Å². The number of rotatable bonds is 3. The second-order valence-electron chi connectivity index (χ2n) is 6.56. The third kappa shape index (κ3) is 3.81. The normalized spacial score (nSPS) is 20.8. The average molecular weight is 387 g/mol. The van der Waals surface area contributed by atoms with Crippen LogP contribution in [0.5, 0.6) is 0 Å². The summed E-state index contributed by atoms with van der Waals surface area (Å²) >= 11 is 0. The number of nitrogens with zero attached hydrogens (tertiary/aromatic N) is 3. The Morgan fingerprint density at radius 1 is 1.36 bits per heavy atom. The summed E-state index contributed by atoms with van der Waals surface area (Å²) < 4.78 is 43.1. The summed E-state index contributed by atoms with van der Waals surface area (Å²) in [5.74, 6) is -5.36. The SMILES string of the molecule is CC1CC(F)(F)C(c2cc(NC(=O)c3ccc(C#N)cn3)ccc2F)N=C1N. The molecule has 0 fully saturated rings. The molecule has 0 saturated heterocycles. The smallest absolute Gasteiger partial charge is 0.274 e. The zero-order valence-corrected chi connectivity index (χ0v) is 14.8. The number of halogens is 3. The molecule has 2 heterocycles. The molecular formula is C19H16F3N5O. The molecule has 2 unspecified atom stereocenters. The number of amidine groups is 1. The molecule has 1 aromatic heterocycles. The van der Waals surface area contributed by atoms with E-state index in [0.717, 1.165) is 12.1 Å². The lowest BCUT2D eigenvalue weighted by atomic mass is 9.89. The number of aromatic nitrogens is 1. The number of nitrogens with one attached hydrogen (secondary N) is 1. The number of hydrogen-bond donors (Lipinski definition) is 2. The van der Waals surface area contributed by atoms with E-state index in [1.54, 1.807) is 0 Å². The van der Waals surface area contributed by atoms with Gasteiger partial charge in [-0.05, 0) is 30.3 Å². The first-order chi connectivity index (χ1) is 13.2. The molecule has 6 nitrogen and oxygen atoms in total. The van der Waals surface area contributed by atoms with Crippen molar-refractivity contribution in [2.24, 2.45) is 16.6 Å². The summed E-state index contributed by atoms with van der Waals surface area (Å²) in [7, 11) is 0. The minimum Gasteiger partial charge on any atom is -0.387 e. The van der Waals surface area contributed by atoms with Crippen LogP contribution < -0.4 is 11.1 Å². The van der Waals surface area contributed by atoms with Crippen molar-refractivity contribution in [3.8, 4) is 6.07 Å². The van der Waals surface area contributed by atoms with Crippen LogP contribution in [0.15, 0.2) is 41.5 Å². The molecule has 1 amide bonds. The lowest BCUT2D eigenvalue weighted by Crippen LogP contribution is -2.39. The van der Waals surface area contributed by atoms with Crippen molar-refractivity contribution in [1.29, 1.82) is 5.26 Å². The van der Waals surface area contributed by atoms with Crippen molar-refractivity contribution in [3.05, 3.63) is 59.2 Å². The maximum Gasteiger partial charge on any atom is 0.274 e. The van der Waals surface area contributed by atoms with Crippen molar-refractivity contribution < 1.29 is 18.0 Å². The second-order valence-corrected chi connectivity index (χ2v) is 6.56. The number of nitriles is 1. The number of carbonyl (C=O) groups excluding carboxylic acids is 1. The number of pyridine rings is 1. The Kier molecular flexibility index (Phi) is 5.05. The lowest BCUT2D eigenvalue weighted by molar-refractivity contribution is -0.0462. The number of benzene rings is 1. The molecule has 0 saturated carbocycles. The third-order valence-corrected chi connectivity index (χ3v) is 4.44. The number of nitrogens with two attached hydrogens (primary N) is 1. The van der Waals surface area contributed by atoms with Crippen molar-refractivity contribution in [2.45, 2.75) is 25.3 Å². The van der Waals surface area contributed by atoms with Crippen molar-refractivity contribution >= 4 is 17.4 Å². The Labute approximate surface area is 158 Å². The minimum atomic E-state index is -3.28. The van der Waals surface area contributed by atoms with Crippen LogP contribution in [-0.4, -0.2) is 22.6 Å². The molecule has 0 bridgehead atoms. The fourth-order valence-corrected chi connectivity index (χ4v) is 2.91. The first-order valence-corrected chi connectivity index (χ1v) is 8.39. The van der Waals surface area contributed by atoms with Gasteiger partial charge in [-0.25, -0.2) is 18.2 Å². The lowest BCUT2D eigenvalue weighted by Gasteiger charge is -2.32. The van der Waals surface area contributed by atoms with Gasteiger partial charge in [0.05, 0.1) is 11.4 Å². The molecule has 1 aliphatic heterocycles. The highest BCUT2D eigenvalue weighted by molar-refractivity contribution is 6.02. The molecule has 3 N–H and O–H groups in total. The maximum atomic E-state index is 14.4. The molecular weight excluding hydrogens is 371 g/mol. The molecule has 144 valence electrons. The van der Waals surface area contributed by atoms with Crippen LogP contribution in [0.1, 0.15) is 41.0 Å². The predicted octanol–water partition coefficient (Wildman–Crippen LogP) is 3.42. The van der Waals surface area contributed by atoms with Gasteiger partial charge in [0.15, 0.2) is 0 Å². The van der Waals surface area contributed by atoms with Gasteiger partial charge in [-0.15, -0.1) is 0 Å². The van der Waals surface area contributed by atoms with Gasteiger partial charge in [0.2, 0.25) is 0 Å². The van der Waals surface area contributed by atoms with Crippen molar-refractivity contribution in [2.75, 3.05) is 5.32 Å². The molecule has 0 aliphatic carbocycles. The molecule has 0 radical (unpaired) electrons. The highest BCUT2D eigenvalue weighted by Crippen LogP contribution is 2.44. The zero-order valence-electron chi connectivity index (χ0n) is 14.8. The van der Waals surface area contributed by atoms with E-state index in [9.17, 15) is 18.0 Å². The third-order valence-electron chi connectivity index (χ3n) is 4.44. The molecule has 1 aromatic carbocycles. The fraction of sp³-hybridized carbons (Fsp3) is 0.263. The molecule has 1 aliphatic rings. The van der Waals surface area contributed by atoms with Crippen LogP contribution in [-0.2, 0) is 0 Å². The van der Waals surface area contributed by atoms with Gasteiger partial charge in [0, 0.05) is 29.8 Å². The highest BCUT2D eigenvalue weighted by atomic mass is 19.3. The molecule has 2 aromatic rings. The van der Waals surface area contributed by atoms with Crippen LogP contribution >= 0.6 is 0 Å². The molecule has 2 atom stereocenters. The van der Waals surface area contributed by atoms with Gasteiger partial charge in [0.25, 0.3) is 11.8 Å². The van der Waals surface area contributed by atoms with Gasteiger partial charge in [-0.2, -0.15) is 5.26 Å². The summed E-state index contributed by atoms with van der Waals surface area (Å²) in [4.78, 5) is 19.9. The van der Waals surface area contributed by atoms with Crippen LogP contribution in [0.2, 0.25) is 0 Å². The van der Waals surface area contributed by atoms with Crippen molar-refractivity contribution in [3.63, 3.8) is 0 Å². The number of carbonyl (C=O) groups is 1. The average Bonchev–Trinajstić information content (AvgIpc) is 2.66. The highest BCUT2D eigenvalue weighted by Gasteiger charge is 2.46. The zero-order chi connectivity index (χ0) is 20.5. The monoisotopic (exact) mass is 387 g/mol. The molecule has 28 heavy (non-hydrogen) atoms. The van der Waals surface area contributed by atoms with Gasteiger partial charge in [0.1, 0.15) is 23.6 Å². The first kappa shape index (κ1) is 19.4. The van der Waals surface area contributed by atoms with Gasteiger partial charge >= 0.3 is 0 Å². The summed E-state index contributed by atoms with van der Waals surface area (Å²) in [5.41, 5.74) is 5.74. The first-order valence-electron chi connectivity index (χ1n) is 8.39. The number of aliphatic imine (C=N–C) groups is 1. The number of amides is 1. The molecule has 9 heteroatoms. The number of anilines is 1. The molecule has 3 rings (SSSR count). The fourth-order valence-electron chi connectivity index (χ4n) is 2.91. The standard InChI is InChI=1S/C19H16F3N5O/c1-10-7-19(21,22)16(27-17(10)24)13-6-12(3-4-14(13)20)26-18(28)15-5-2-11(8-23)9-25-15/h2-6,9-10,16H,7H2,1H3,(H2,24,27)(H,26,28). The van der Waals surface area contributed by atoms with E-state index in [0.29, 0.717) is 0 Å². The van der Waals surface area contributed by atoms with Gasteiger partial charge in [-0.3, -0.25) is 9.79 Å². The van der Waals surface area contributed by atoms with E-state index in [2.05, 4.69) is 15.3 Å². The van der Waals surface area contributed by atoms with Gasteiger partial charge in [-0.1, -0.05) is 6.92 Å². The maximum absolute atomic E-state index is 14.4. The van der Waals surface area contributed by atoms with Crippen LogP contribution in [0.25, 0.3) is 0 Å². The second kappa shape index (κ2) is 7.31. The Bertz CT molecular complexity index is 982. The van der Waals surface area contributed by atoms with E-state index in [-0.39, 0.29) is 28.3 Å². The quantitative estimate of drug-likeness (QED) is 0.842. The van der Waals surface area contributed by atoms with E-state index in [4.69, 9.17) is 11.0 Å². The summed E-state index contributed by atoms with van der Waals surface area (Å²) in [6, 6.07) is 6.21. The Balaban J connectivity index is 1.89. The minimum absolute atomic E-state index is 0.0176. The van der Waals surface area contributed by atoms with E-state index in [1.165, 1.54) is 31.3 Å². The van der Waals surface area contributed by atoms with Crippen molar-refractivity contribution in [1.82, 2.24) is 4.98 Å². The van der Waals surface area contributed by atoms with E-state index < -0.39 is 36.0 Å². The van der Waals surface area contributed by atoms with E-state index in [1.807, 2.05) is 6.07 Å². The molecule has 0 spiro atoms. The number of hydrogen-bond acceptors (Lipinski definition) is 5. The predicted molar refractivity (Wildman–Crippen MR) is 96.4 cm³/mol. The summed E-state index contributed by atoms with van der Waals surface area (Å²) in [6.07, 6.45) is 0.685. The summed E-state index contributed by atoms with van der Waals surface area (Å²) in [5, 5.41) is 11.2. The van der Waals surface area contributed by atoms with Crippen LogP contribution in [0, 0.1) is 23.1 Å².